The number of esters is 1. The molecule has 7 heteroatoms. The minimum Gasteiger partial charge on any atom is -0.457 e. The van der Waals surface area contributed by atoms with E-state index in [0.717, 1.165) is 30.4 Å². The molecule has 2 aromatic heterocycles. The maximum absolute atomic E-state index is 12.3. The quantitative estimate of drug-likeness (QED) is 0.371. The predicted octanol–water partition coefficient (Wildman–Crippen LogP) is 6.22. The van der Waals surface area contributed by atoms with E-state index in [0.29, 0.717) is 4.88 Å². The summed E-state index contributed by atoms with van der Waals surface area (Å²) in [4.78, 5) is 18.2. The molecule has 0 unspecified atom stereocenters. The number of carbonyl (C=O) groups is 1. The molecule has 0 aliphatic rings. The van der Waals surface area contributed by atoms with Crippen molar-refractivity contribution >= 4 is 64.9 Å². The molecule has 2 heterocycles. The molecule has 4 rings (SSSR count). The summed E-state index contributed by atoms with van der Waals surface area (Å²) >= 11 is 6.26. The Balaban J connectivity index is 1.43. The molecule has 1 N–H and O–H groups in total. The van der Waals surface area contributed by atoms with E-state index in [1.54, 1.807) is 0 Å². The number of carbonyl (C=O) groups excluding carboxylic acids is 1. The number of anilines is 2. The number of hydrogen-bond acceptors (Lipinski definition) is 6. The molecule has 0 amide bonds. The molecule has 4 nitrogen and oxygen atoms in total. The fourth-order valence-corrected chi connectivity index (χ4v) is 4.63. The Morgan fingerprint density at radius 1 is 1.08 bits per heavy atom. The molecule has 0 atom stereocenters. The number of hydrogen-bond donors (Lipinski definition) is 1. The normalized spacial score (nSPS) is 10.8. The van der Waals surface area contributed by atoms with Gasteiger partial charge in [0.25, 0.3) is 0 Å². The minimum atomic E-state index is -0.319. The number of thiazole rings is 1. The number of nitrogens with zero attached hydrogens (tertiary/aromatic N) is 1. The summed E-state index contributed by atoms with van der Waals surface area (Å²) in [5, 5.41) is 4.09. The summed E-state index contributed by atoms with van der Waals surface area (Å²) in [6.45, 7) is 0.256. The largest absolute Gasteiger partial charge is 0.457 e. The number of rotatable bonds is 5. The van der Waals surface area contributed by atoms with Gasteiger partial charge in [-0.2, -0.15) is 0 Å². The first-order valence-corrected chi connectivity index (χ1v) is 10.2. The van der Waals surface area contributed by atoms with Crippen LogP contribution in [0.4, 0.5) is 10.8 Å². The van der Waals surface area contributed by atoms with Crippen molar-refractivity contribution in [3.05, 3.63) is 75.6 Å². The van der Waals surface area contributed by atoms with E-state index in [9.17, 15) is 4.79 Å². The van der Waals surface area contributed by atoms with Gasteiger partial charge in [0.05, 0.1) is 4.70 Å². The van der Waals surface area contributed by atoms with E-state index in [-0.39, 0.29) is 12.6 Å². The highest BCUT2D eigenvalue weighted by atomic mass is 79.9. The predicted molar refractivity (Wildman–Crippen MR) is 110 cm³/mol. The molecule has 0 aliphatic heterocycles. The van der Waals surface area contributed by atoms with Crippen molar-refractivity contribution in [3.8, 4) is 0 Å². The second-order valence-corrected chi connectivity index (χ2v) is 8.47. The first-order valence-electron chi connectivity index (χ1n) is 7.81. The van der Waals surface area contributed by atoms with Crippen LogP contribution in [0.3, 0.4) is 0 Å². The number of halogens is 1. The third-order valence-electron chi connectivity index (χ3n) is 3.60. The van der Waals surface area contributed by atoms with Gasteiger partial charge >= 0.3 is 5.97 Å². The molecule has 130 valence electrons. The van der Waals surface area contributed by atoms with Gasteiger partial charge in [-0.1, -0.05) is 57.6 Å². The lowest BCUT2D eigenvalue weighted by molar-refractivity contribution is 0.0478. The van der Waals surface area contributed by atoms with Crippen LogP contribution in [0.2, 0.25) is 0 Å². The van der Waals surface area contributed by atoms with Crippen molar-refractivity contribution in [1.29, 1.82) is 0 Å². The van der Waals surface area contributed by atoms with Crippen LogP contribution in [0, 0.1) is 0 Å². The van der Waals surface area contributed by atoms with Crippen LogP contribution in [0.5, 0.6) is 0 Å². The van der Waals surface area contributed by atoms with E-state index in [1.807, 2.05) is 60.7 Å². The number of aromatic nitrogens is 1. The summed E-state index contributed by atoms with van der Waals surface area (Å²) < 4.78 is 7.37. The highest BCUT2D eigenvalue weighted by Gasteiger charge is 2.15. The van der Waals surface area contributed by atoms with Gasteiger partial charge in [0.1, 0.15) is 16.3 Å². The zero-order chi connectivity index (χ0) is 17.9. The molecule has 0 bridgehead atoms. The van der Waals surface area contributed by atoms with Crippen molar-refractivity contribution in [2.75, 3.05) is 5.32 Å². The lowest BCUT2D eigenvalue weighted by Gasteiger charge is -2.03. The second kappa shape index (κ2) is 7.57. The van der Waals surface area contributed by atoms with Crippen LogP contribution in [-0.4, -0.2) is 11.0 Å². The molecule has 0 radical (unpaired) electrons. The number of benzene rings is 2. The van der Waals surface area contributed by atoms with Gasteiger partial charge in [-0.25, -0.2) is 9.78 Å². The number of ether oxygens (including phenoxy) is 1. The SMILES string of the molecule is O=C(OCc1ccc(Br)cc1)c1cc2sc(Nc3ccccc3)nc2s1. The highest BCUT2D eigenvalue weighted by Crippen LogP contribution is 2.34. The Bertz CT molecular complexity index is 1010. The molecule has 26 heavy (non-hydrogen) atoms. The summed E-state index contributed by atoms with van der Waals surface area (Å²) in [5.74, 6) is -0.319. The lowest BCUT2D eigenvalue weighted by Crippen LogP contribution is -2.02. The van der Waals surface area contributed by atoms with Gasteiger partial charge in [0, 0.05) is 10.2 Å². The monoisotopic (exact) mass is 444 g/mol. The standard InChI is InChI=1S/C19H13BrN2O2S2/c20-13-8-6-12(7-9-13)11-24-18(23)16-10-15-17(25-16)22-19(26-15)21-14-4-2-1-3-5-14/h1-10H,11H2,(H,21,22). The Morgan fingerprint density at radius 2 is 1.85 bits per heavy atom. The fraction of sp³-hybridized carbons (Fsp3) is 0.0526. The van der Waals surface area contributed by atoms with Crippen LogP contribution in [-0.2, 0) is 11.3 Å². The average molecular weight is 445 g/mol. The first kappa shape index (κ1) is 17.2. The number of para-hydroxylation sites is 1. The van der Waals surface area contributed by atoms with E-state index in [4.69, 9.17) is 4.74 Å². The van der Waals surface area contributed by atoms with Gasteiger partial charge in [0.15, 0.2) is 5.13 Å². The molecule has 0 saturated carbocycles. The van der Waals surface area contributed by atoms with Crippen LogP contribution in [0.15, 0.2) is 65.1 Å². The summed E-state index contributed by atoms with van der Waals surface area (Å²) in [7, 11) is 0. The Kier molecular flexibility index (Phi) is 5.01. The number of fused-ring (bicyclic) bond motifs is 1. The second-order valence-electron chi connectivity index (χ2n) is 5.49. The molecule has 2 aromatic carbocycles. The van der Waals surface area contributed by atoms with E-state index in [2.05, 4.69) is 26.2 Å². The summed E-state index contributed by atoms with van der Waals surface area (Å²) in [5.41, 5.74) is 1.94. The minimum absolute atomic E-state index is 0.256. The topological polar surface area (TPSA) is 51.2 Å². The molecule has 0 saturated heterocycles. The molecular weight excluding hydrogens is 432 g/mol. The third-order valence-corrected chi connectivity index (χ3v) is 6.18. The zero-order valence-electron chi connectivity index (χ0n) is 13.4. The molecule has 0 spiro atoms. The van der Waals surface area contributed by atoms with Crippen LogP contribution in [0.1, 0.15) is 15.2 Å². The number of thiophene rings is 1. The summed E-state index contributed by atoms with van der Waals surface area (Å²) in [6, 6.07) is 19.4. The van der Waals surface area contributed by atoms with Crippen molar-refractivity contribution in [3.63, 3.8) is 0 Å². The van der Waals surface area contributed by atoms with Crippen LogP contribution < -0.4 is 5.32 Å². The lowest BCUT2D eigenvalue weighted by atomic mass is 10.2. The van der Waals surface area contributed by atoms with E-state index in [1.165, 1.54) is 22.7 Å². The summed E-state index contributed by atoms with van der Waals surface area (Å²) in [6.07, 6.45) is 0. The van der Waals surface area contributed by atoms with Crippen molar-refractivity contribution < 1.29 is 9.53 Å². The first-order chi connectivity index (χ1) is 12.7. The maximum atomic E-state index is 12.3. The molecule has 0 fully saturated rings. The van der Waals surface area contributed by atoms with Crippen molar-refractivity contribution in [2.45, 2.75) is 6.61 Å². The van der Waals surface area contributed by atoms with Gasteiger partial charge in [-0.05, 0) is 35.9 Å². The van der Waals surface area contributed by atoms with Crippen LogP contribution in [0.25, 0.3) is 9.53 Å². The number of nitrogens with one attached hydrogen (secondary N) is 1. The third kappa shape index (κ3) is 3.95. The fourth-order valence-electron chi connectivity index (χ4n) is 2.33. The van der Waals surface area contributed by atoms with Crippen molar-refractivity contribution in [2.24, 2.45) is 0 Å². The van der Waals surface area contributed by atoms with Gasteiger partial charge in [0.2, 0.25) is 0 Å². The zero-order valence-corrected chi connectivity index (χ0v) is 16.7. The Morgan fingerprint density at radius 3 is 2.58 bits per heavy atom. The van der Waals surface area contributed by atoms with Crippen molar-refractivity contribution in [1.82, 2.24) is 4.98 Å². The smallest absolute Gasteiger partial charge is 0.348 e. The Labute approximate surface area is 166 Å². The molecular formula is C19H13BrN2O2S2. The highest BCUT2D eigenvalue weighted by molar-refractivity contribution is 9.10. The maximum Gasteiger partial charge on any atom is 0.348 e. The average Bonchev–Trinajstić information content (AvgIpc) is 3.20. The van der Waals surface area contributed by atoms with Gasteiger partial charge < -0.3 is 10.1 Å². The van der Waals surface area contributed by atoms with Gasteiger partial charge in [-0.15, -0.1) is 11.3 Å². The van der Waals surface area contributed by atoms with E-state index < -0.39 is 0 Å². The van der Waals surface area contributed by atoms with Gasteiger partial charge in [-0.3, -0.25) is 0 Å². The van der Waals surface area contributed by atoms with Crippen LogP contribution >= 0.6 is 38.6 Å². The molecule has 4 aromatic rings. The Hall–Kier alpha value is -2.22. The van der Waals surface area contributed by atoms with E-state index >= 15 is 0 Å². The molecule has 0 aliphatic carbocycles.